The molecule has 1 fully saturated rings. The highest BCUT2D eigenvalue weighted by Gasteiger charge is 2.29. The Kier molecular flexibility index (Phi) is 5.77. The molecule has 0 spiro atoms. The van der Waals surface area contributed by atoms with Gasteiger partial charge in [-0.2, -0.15) is 0 Å². The summed E-state index contributed by atoms with van der Waals surface area (Å²) >= 11 is 0. The Morgan fingerprint density at radius 2 is 2.09 bits per heavy atom. The fraction of sp³-hybridized carbons (Fsp3) is 0.556. The van der Waals surface area contributed by atoms with Crippen molar-refractivity contribution in [2.24, 2.45) is 0 Å². The predicted octanol–water partition coefficient (Wildman–Crippen LogP) is 3.00. The molecule has 0 aromatic heterocycles. The van der Waals surface area contributed by atoms with Gasteiger partial charge in [0.05, 0.1) is 6.54 Å². The van der Waals surface area contributed by atoms with Crippen molar-refractivity contribution < 1.29 is 14.7 Å². The fourth-order valence-electron chi connectivity index (χ4n) is 3.17. The molecule has 0 radical (unpaired) electrons. The quantitative estimate of drug-likeness (QED) is 0.875. The molecule has 0 aliphatic carbocycles. The lowest BCUT2D eigenvalue weighted by Crippen LogP contribution is -2.47. The van der Waals surface area contributed by atoms with Gasteiger partial charge in [-0.25, -0.2) is 0 Å². The summed E-state index contributed by atoms with van der Waals surface area (Å²) in [6.45, 7) is 6.95. The van der Waals surface area contributed by atoms with Gasteiger partial charge in [-0.15, -0.1) is 0 Å². The van der Waals surface area contributed by atoms with E-state index in [1.54, 1.807) is 4.90 Å². The third-order valence-electron chi connectivity index (χ3n) is 4.44. The van der Waals surface area contributed by atoms with Crippen LogP contribution in [0.25, 0.3) is 0 Å². The van der Waals surface area contributed by atoms with Crippen molar-refractivity contribution in [3.05, 3.63) is 29.3 Å². The van der Waals surface area contributed by atoms with Crippen molar-refractivity contribution in [3.63, 3.8) is 0 Å². The zero-order valence-corrected chi connectivity index (χ0v) is 14.1. The number of amides is 1. The zero-order chi connectivity index (χ0) is 17.0. The van der Waals surface area contributed by atoms with Crippen LogP contribution < -0.4 is 5.32 Å². The van der Waals surface area contributed by atoms with Crippen molar-refractivity contribution in [2.45, 2.75) is 52.0 Å². The number of para-hydroxylation sites is 1. The first-order valence-electron chi connectivity index (χ1n) is 8.26. The van der Waals surface area contributed by atoms with E-state index in [-0.39, 0.29) is 12.5 Å². The summed E-state index contributed by atoms with van der Waals surface area (Å²) in [6, 6.07) is 5.44. The van der Waals surface area contributed by atoms with Crippen LogP contribution in [0.2, 0.25) is 0 Å². The number of piperidine rings is 1. The molecule has 0 bridgehead atoms. The molecule has 1 aliphatic heterocycles. The van der Waals surface area contributed by atoms with E-state index in [0.717, 1.165) is 29.7 Å². The molecule has 2 rings (SSSR count). The van der Waals surface area contributed by atoms with E-state index in [0.29, 0.717) is 18.9 Å². The van der Waals surface area contributed by atoms with Gasteiger partial charge in [-0.1, -0.05) is 38.5 Å². The minimum absolute atomic E-state index is 0.128. The topological polar surface area (TPSA) is 69.6 Å². The van der Waals surface area contributed by atoms with Gasteiger partial charge in [0.1, 0.15) is 6.04 Å². The molecule has 1 unspecified atom stereocenters. The van der Waals surface area contributed by atoms with Gasteiger partial charge >= 0.3 is 5.97 Å². The molecule has 1 heterocycles. The summed E-state index contributed by atoms with van der Waals surface area (Å²) < 4.78 is 0. The molecule has 126 valence electrons. The summed E-state index contributed by atoms with van der Waals surface area (Å²) in [5, 5.41) is 12.3. The number of carbonyl (C=O) groups is 2. The largest absolute Gasteiger partial charge is 0.480 e. The van der Waals surface area contributed by atoms with E-state index in [2.05, 4.69) is 19.2 Å². The number of benzene rings is 1. The standard InChI is InChI=1S/C18H26N2O3/c1-12(2)14-8-6-7-13(3)17(14)19-16(21)11-20-10-5-4-9-15(20)18(22)23/h6-8,12,15H,4-5,9-11H2,1-3H3,(H,19,21)(H,22,23). The lowest BCUT2D eigenvalue weighted by Gasteiger charge is -2.32. The molecule has 1 aliphatic rings. The number of carboxylic acids is 1. The molecule has 5 heteroatoms. The maximum absolute atomic E-state index is 12.4. The number of rotatable bonds is 5. The summed E-state index contributed by atoms with van der Waals surface area (Å²) in [7, 11) is 0. The Hall–Kier alpha value is -1.88. The first-order chi connectivity index (χ1) is 10.9. The maximum atomic E-state index is 12.4. The van der Waals surface area contributed by atoms with Gasteiger partial charge in [-0.3, -0.25) is 14.5 Å². The van der Waals surface area contributed by atoms with E-state index in [9.17, 15) is 14.7 Å². The minimum atomic E-state index is -0.837. The number of hydrogen-bond acceptors (Lipinski definition) is 3. The smallest absolute Gasteiger partial charge is 0.320 e. The highest BCUT2D eigenvalue weighted by Crippen LogP contribution is 2.27. The van der Waals surface area contributed by atoms with E-state index in [1.807, 2.05) is 25.1 Å². The van der Waals surface area contributed by atoms with E-state index in [4.69, 9.17) is 0 Å². The van der Waals surface area contributed by atoms with Crippen molar-refractivity contribution in [2.75, 3.05) is 18.4 Å². The lowest BCUT2D eigenvalue weighted by atomic mass is 9.98. The normalized spacial score (nSPS) is 18.9. The van der Waals surface area contributed by atoms with Crippen molar-refractivity contribution >= 4 is 17.6 Å². The average Bonchev–Trinajstić information content (AvgIpc) is 2.49. The maximum Gasteiger partial charge on any atom is 0.320 e. The summed E-state index contributed by atoms with van der Waals surface area (Å²) in [4.78, 5) is 25.5. The highest BCUT2D eigenvalue weighted by molar-refractivity contribution is 5.94. The summed E-state index contributed by atoms with van der Waals surface area (Å²) in [5.41, 5.74) is 2.99. The average molecular weight is 318 g/mol. The SMILES string of the molecule is Cc1cccc(C(C)C)c1NC(=O)CN1CCCCC1C(=O)O. The van der Waals surface area contributed by atoms with Crippen molar-refractivity contribution in [1.29, 1.82) is 0 Å². The second-order valence-electron chi connectivity index (χ2n) is 6.56. The highest BCUT2D eigenvalue weighted by atomic mass is 16.4. The molecule has 1 saturated heterocycles. The molecule has 1 amide bonds. The summed E-state index contributed by atoms with van der Waals surface area (Å²) in [6.07, 6.45) is 2.47. The van der Waals surface area contributed by atoms with Crippen LogP contribution in [0.4, 0.5) is 5.69 Å². The number of carbonyl (C=O) groups excluding carboxylic acids is 1. The first kappa shape index (κ1) is 17.5. The minimum Gasteiger partial charge on any atom is -0.480 e. The van der Waals surface area contributed by atoms with E-state index < -0.39 is 12.0 Å². The zero-order valence-electron chi connectivity index (χ0n) is 14.1. The van der Waals surface area contributed by atoms with Gasteiger partial charge in [0, 0.05) is 5.69 Å². The molecule has 5 nitrogen and oxygen atoms in total. The van der Waals surface area contributed by atoms with Gasteiger partial charge in [-0.05, 0) is 43.4 Å². The van der Waals surface area contributed by atoms with Crippen molar-refractivity contribution in [1.82, 2.24) is 4.90 Å². The fourth-order valence-corrected chi connectivity index (χ4v) is 3.17. The second-order valence-corrected chi connectivity index (χ2v) is 6.56. The number of nitrogens with zero attached hydrogens (tertiary/aromatic N) is 1. The van der Waals surface area contributed by atoms with Gasteiger partial charge < -0.3 is 10.4 Å². The Morgan fingerprint density at radius 1 is 1.35 bits per heavy atom. The van der Waals surface area contributed by atoms with Crippen LogP contribution in [0.15, 0.2) is 18.2 Å². The number of aliphatic carboxylic acids is 1. The molecule has 1 aromatic carbocycles. The second kappa shape index (κ2) is 7.59. The van der Waals surface area contributed by atoms with Crippen LogP contribution in [0.5, 0.6) is 0 Å². The van der Waals surface area contributed by atoms with Crippen LogP contribution in [0.3, 0.4) is 0 Å². The Balaban J connectivity index is 2.09. The predicted molar refractivity (Wildman–Crippen MR) is 90.7 cm³/mol. The molecule has 23 heavy (non-hydrogen) atoms. The van der Waals surface area contributed by atoms with Crippen LogP contribution in [-0.2, 0) is 9.59 Å². The molecule has 1 aromatic rings. The van der Waals surface area contributed by atoms with Gasteiger partial charge in [0.15, 0.2) is 0 Å². The monoisotopic (exact) mass is 318 g/mol. The van der Waals surface area contributed by atoms with E-state index >= 15 is 0 Å². The molecular weight excluding hydrogens is 292 g/mol. The number of likely N-dealkylation sites (tertiary alicyclic amines) is 1. The van der Waals surface area contributed by atoms with E-state index in [1.165, 1.54) is 0 Å². The van der Waals surface area contributed by atoms with Crippen LogP contribution in [-0.4, -0.2) is 41.0 Å². The number of aryl methyl sites for hydroxylation is 1. The third kappa shape index (κ3) is 4.32. The third-order valence-corrected chi connectivity index (χ3v) is 4.44. The van der Waals surface area contributed by atoms with Crippen LogP contribution in [0, 0.1) is 6.92 Å². The van der Waals surface area contributed by atoms with Crippen LogP contribution in [0.1, 0.15) is 50.2 Å². The van der Waals surface area contributed by atoms with Crippen LogP contribution >= 0.6 is 0 Å². The number of anilines is 1. The van der Waals surface area contributed by atoms with Crippen molar-refractivity contribution in [3.8, 4) is 0 Å². The Bertz CT molecular complexity index is 584. The van der Waals surface area contributed by atoms with Gasteiger partial charge in [0.2, 0.25) is 5.91 Å². The number of carboxylic acid groups (broad SMARTS) is 1. The first-order valence-corrected chi connectivity index (χ1v) is 8.26. The Labute approximate surface area is 137 Å². The Morgan fingerprint density at radius 3 is 2.74 bits per heavy atom. The molecular formula is C18H26N2O3. The molecule has 2 N–H and O–H groups in total. The number of hydrogen-bond donors (Lipinski definition) is 2. The lowest BCUT2D eigenvalue weighted by molar-refractivity contribution is -0.145. The summed E-state index contributed by atoms with van der Waals surface area (Å²) in [5.74, 6) is -0.669. The van der Waals surface area contributed by atoms with Gasteiger partial charge in [0.25, 0.3) is 0 Å². The number of nitrogens with one attached hydrogen (secondary N) is 1. The molecule has 0 saturated carbocycles. The molecule has 1 atom stereocenters.